The van der Waals surface area contributed by atoms with Gasteiger partial charge in [-0.25, -0.2) is 5.01 Å². The molecule has 0 saturated carbocycles. The number of hydrogen-bond acceptors (Lipinski definition) is 1. The second-order valence-electron chi connectivity index (χ2n) is 6.16. The quantitative estimate of drug-likeness (QED) is 0.442. The Balaban J connectivity index is 2.07. The molecular formula is C20H16Cl4N2O. The van der Waals surface area contributed by atoms with Gasteiger partial charge in [-0.1, -0.05) is 52.5 Å². The van der Waals surface area contributed by atoms with Crippen molar-refractivity contribution in [3.05, 3.63) is 91.1 Å². The zero-order valence-corrected chi connectivity index (χ0v) is 17.7. The maximum atomic E-state index is 13.4. The summed E-state index contributed by atoms with van der Waals surface area (Å²) in [7, 11) is 0. The Labute approximate surface area is 178 Å². The molecule has 3 rings (SSSR count). The zero-order chi connectivity index (χ0) is 19.7. The van der Waals surface area contributed by atoms with Crippen LogP contribution >= 0.6 is 46.4 Å². The molecule has 0 spiro atoms. The molecule has 0 bridgehead atoms. The van der Waals surface area contributed by atoms with E-state index in [2.05, 4.69) is 0 Å². The van der Waals surface area contributed by atoms with Gasteiger partial charge >= 0.3 is 0 Å². The van der Waals surface area contributed by atoms with E-state index < -0.39 is 0 Å². The molecule has 7 heteroatoms. The Morgan fingerprint density at radius 1 is 0.852 bits per heavy atom. The molecule has 0 saturated heterocycles. The summed E-state index contributed by atoms with van der Waals surface area (Å²) in [5.41, 5.74) is 3.06. The van der Waals surface area contributed by atoms with E-state index >= 15 is 0 Å². The number of carbonyl (C=O) groups is 1. The van der Waals surface area contributed by atoms with Gasteiger partial charge in [0.2, 0.25) is 0 Å². The van der Waals surface area contributed by atoms with E-state index in [1.165, 1.54) is 0 Å². The third kappa shape index (κ3) is 4.27. The number of rotatable bonds is 4. The Morgan fingerprint density at radius 3 is 2.11 bits per heavy atom. The maximum Gasteiger partial charge on any atom is 0.274 e. The highest BCUT2D eigenvalue weighted by Crippen LogP contribution is 2.26. The number of carbonyl (C=O) groups excluding carboxylic acids is 1. The molecule has 0 atom stereocenters. The molecule has 1 heterocycles. The average molecular weight is 442 g/mol. The van der Waals surface area contributed by atoms with E-state index in [0.29, 0.717) is 32.2 Å². The molecule has 0 aliphatic carbocycles. The summed E-state index contributed by atoms with van der Waals surface area (Å²) >= 11 is 24.4. The summed E-state index contributed by atoms with van der Waals surface area (Å²) in [6.07, 6.45) is 0. The highest BCUT2D eigenvalue weighted by atomic mass is 35.5. The molecule has 0 N–H and O–H groups in total. The SMILES string of the molecule is Cc1ccc(C)n1N(Cc1ccc(Cl)c(Cl)c1)C(=O)c1ccc(Cl)cc1Cl. The molecule has 1 amide bonds. The van der Waals surface area contributed by atoms with Crippen molar-refractivity contribution in [3.63, 3.8) is 0 Å². The Morgan fingerprint density at radius 2 is 1.52 bits per heavy atom. The van der Waals surface area contributed by atoms with Gasteiger partial charge < -0.3 is 0 Å². The minimum atomic E-state index is -0.245. The summed E-state index contributed by atoms with van der Waals surface area (Å²) in [5, 5.41) is 3.30. The van der Waals surface area contributed by atoms with Crippen LogP contribution < -0.4 is 5.01 Å². The van der Waals surface area contributed by atoms with Crippen LogP contribution in [0.4, 0.5) is 0 Å². The standard InChI is InChI=1S/C20H16Cl4N2O/c1-12-3-4-13(2)26(12)25(11-14-5-8-17(22)19(24)9-14)20(27)16-7-6-15(21)10-18(16)23/h3-10H,11H2,1-2H3. The van der Waals surface area contributed by atoms with Gasteiger partial charge in [0.05, 0.1) is 27.2 Å². The van der Waals surface area contributed by atoms with Crippen LogP contribution in [0.5, 0.6) is 0 Å². The number of benzene rings is 2. The number of nitrogens with zero attached hydrogens (tertiary/aromatic N) is 2. The fourth-order valence-corrected chi connectivity index (χ4v) is 3.70. The van der Waals surface area contributed by atoms with Gasteiger partial charge in [-0.05, 0) is 61.9 Å². The van der Waals surface area contributed by atoms with Crippen LogP contribution in [-0.4, -0.2) is 10.6 Å². The van der Waals surface area contributed by atoms with Gasteiger partial charge in [-0.2, -0.15) is 0 Å². The smallest absolute Gasteiger partial charge is 0.267 e. The Kier molecular flexibility index (Phi) is 6.07. The first-order chi connectivity index (χ1) is 12.8. The van der Waals surface area contributed by atoms with Gasteiger partial charge in [-0.15, -0.1) is 0 Å². The molecule has 140 valence electrons. The molecule has 27 heavy (non-hydrogen) atoms. The second kappa shape index (κ2) is 8.15. The van der Waals surface area contributed by atoms with Crippen LogP contribution in [0.3, 0.4) is 0 Å². The molecular weight excluding hydrogens is 426 g/mol. The van der Waals surface area contributed by atoms with E-state index in [9.17, 15) is 4.79 Å². The van der Waals surface area contributed by atoms with Gasteiger partial charge in [0, 0.05) is 16.4 Å². The van der Waals surface area contributed by atoms with Crippen molar-refractivity contribution in [2.24, 2.45) is 0 Å². The topological polar surface area (TPSA) is 25.2 Å². The summed E-state index contributed by atoms with van der Waals surface area (Å²) in [6.45, 7) is 4.17. The number of amides is 1. The van der Waals surface area contributed by atoms with Crippen molar-refractivity contribution < 1.29 is 4.79 Å². The fraction of sp³-hybridized carbons (Fsp3) is 0.150. The summed E-state index contributed by atoms with van der Waals surface area (Å²) in [4.78, 5) is 13.4. The van der Waals surface area contributed by atoms with Crippen molar-refractivity contribution >= 4 is 52.3 Å². The Hall–Kier alpha value is -1.65. The minimum Gasteiger partial charge on any atom is -0.267 e. The molecule has 0 radical (unpaired) electrons. The molecule has 0 aliphatic heterocycles. The number of aryl methyl sites for hydroxylation is 2. The predicted octanol–water partition coefficient (Wildman–Crippen LogP) is 6.70. The number of hydrogen-bond donors (Lipinski definition) is 0. The lowest BCUT2D eigenvalue weighted by molar-refractivity contribution is 0.0954. The number of aromatic nitrogens is 1. The third-order valence-electron chi connectivity index (χ3n) is 4.19. The van der Waals surface area contributed by atoms with E-state index in [4.69, 9.17) is 46.4 Å². The van der Waals surface area contributed by atoms with Crippen LogP contribution in [0, 0.1) is 13.8 Å². The molecule has 2 aromatic carbocycles. The van der Waals surface area contributed by atoms with Crippen LogP contribution in [0.15, 0.2) is 48.5 Å². The molecule has 0 aliphatic rings. The van der Waals surface area contributed by atoms with Crippen LogP contribution in [0.2, 0.25) is 20.1 Å². The fourth-order valence-electron chi connectivity index (χ4n) is 2.89. The molecule has 1 aromatic heterocycles. The van der Waals surface area contributed by atoms with E-state index in [1.807, 2.05) is 36.7 Å². The van der Waals surface area contributed by atoms with Crippen molar-refractivity contribution in [2.75, 3.05) is 5.01 Å². The highest BCUT2D eigenvalue weighted by Gasteiger charge is 2.23. The monoisotopic (exact) mass is 440 g/mol. The van der Waals surface area contributed by atoms with Crippen molar-refractivity contribution in [1.82, 2.24) is 4.68 Å². The Bertz CT molecular complexity index is 994. The lowest BCUT2D eigenvalue weighted by atomic mass is 10.1. The highest BCUT2D eigenvalue weighted by molar-refractivity contribution is 6.42. The predicted molar refractivity (Wildman–Crippen MR) is 113 cm³/mol. The summed E-state index contributed by atoms with van der Waals surface area (Å²) < 4.78 is 1.86. The van der Waals surface area contributed by atoms with E-state index in [1.54, 1.807) is 35.3 Å². The average Bonchev–Trinajstić information content (AvgIpc) is 2.94. The van der Waals surface area contributed by atoms with Crippen LogP contribution in [-0.2, 0) is 6.54 Å². The molecule has 0 unspecified atom stereocenters. The van der Waals surface area contributed by atoms with Crippen molar-refractivity contribution in [1.29, 1.82) is 0 Å². The lowest BCUT2D eigenvalue weighted by Crippen LogP contribution is -2.41. The first kappa shape index (κ1) is 20.1. The maximum absolute atomic E-state index is 13.4. The molecule has 0 fully saturated rings. The van der Waals surface area contributed by atoms with Gasteiger partial charge in [-0.3, -0.25) is 9.47 Å². The largest absolute Gasteiger partial charge is 0.274 e. The van der Waals surface area contributed by atoms with Crippen molar-refractivity contribution in [3.8, 4) is 0 Å². The third-order valence-corrected chi connectivity index (χ3v) is 5.47. The number of halogens is 4. The van der Waals surface area contributed by atoms with Crippen molar-refractivity contribution in [2.45, 2.75) is 20.4 Å². The first-order valence-corrected chi connectivity index (χ1v) is 9.65. The van der Waals surface area contributed by atoms with Crippen LogP contribution in [0.25, 0.3) is 0 Å². The zero-order valence-electron chi connectivity index (χ0n) is 14.6. The van der Waals surface area contributed by atoms with Crippen LogP contribution in [0.1, 0.15) is 27.3 Å². The first-order valence-electron chi connectivity index (χ1n) is 8.14. The molecule has 3 nitrogen and oxygen atoms in total. The minimum absolute atomic E-state index is 0.245. The van der Waals surface area contributed by atoms with E-state index in [-0.39, 0.29) is 5.91 Å². The summed E-state index contributed by atoms with van der Waals surface area (Å²) in [5.74, 6) is -0.245. The second-order valence-corrected chi connectivity index (χ2v) is 7.82. The summed E-state index contributed by atoms with van der Waals surface area (Å²) in [6, 6.07) is 14.0. The van der Waals surface area contributed by atoms with Gasteiger partial charge in [0.15, 0.2) is 0 Å². The van der Waals surface area contributed by atoms with Gasteiger partial charge in [0.25, 0.3) is 5.91 Å². The normalized spacial score (nSPS) is 10.9. The lowest BCUT2D eigenvalue weighted by Gasteiger charge is -2.28. The van der Waals surface area contributed by atoms with E-state index in [0.717, 1.165) is 17.0 Å². The molecule has 3 aromatic rings. The van der Waals surface area contributed by atoms with Gasteiger partial charge in [0.1, 0.15) is 0 Å².